The van der Waals surface area contributed by atoms with Crippen LogP contribution in [0.4, 0.5) is 4.39 Å². The van der Waals surface area contributed by atoms with E-state index in [1.807, 2.05) is 12.1 Å². The van der Waals surface area contributed by atoms with E-state index in [-0.39, 0.29) is 11.4 Å². The molecule has 0 aliphatic rings. The monoisotopic (exact) mass is 280 g/mol. The van der Waals surface area contributed by atoms with Gasteiger partial charge in [0.25, 0.3) is 5.91 Å². The van der Waals surface area contributed by atoms with Crippen LogP contribution in [0.2, 0.25) is 0 Å². The first-order valence-corrected chi connectivity index (χ1v) is 6.34. The lowest BCUT2D eigenvalue weighted by Gasteiger charge is -2.04. The van der Waals surface area contributed by atoms with Crippen molar-refractivity contribution in [2.45, 2.75) is 6.42 Å². The second-order valence-corrected chi connectivity index (χ2v) is 4.54. The van der Waals surface area contributed by atoms with Gasteiger partial charge in [0.1, 0.15) is 17.5 Å². The Morgan fingerprint density at radius 3 is 2.43 bits per heavy atom. The van der Waals surface area contributed by atoms with Gasteiger partial charge in [0.2, 0.25) is 0 Å². The standard InChI is InChI=1S/C17H13FN2O/c18-16-4-2-1-3-14(16)9-12-5-7-13(8-6-12)10-15(11-19)17(20)21/h1-8,10H,9H2,(H2,20,21)/b15-10+. The first kappa shape index (κ1) is 14.5. The minimum Gasteiger partial charge on any atom is -0.365 e. The summed E-state index contributed by atoms with van der Waals surface area (Å²) in [4.78, 5) is 11.0. The summed E-state index contributed by atoms with van der Waals surface area (Å²) in [5.74, 6) is -0.991. The van der Waals surface area contributed by atoms with Crippen molar-refractivity contribution in [3.8, 4) is 6.07 Å². The summed E-state index contributed by atoms with van der Waals surface area (Å²) in [6.45, 7) is 0. The number of primary amides is 1. The molecule has 0 radical (unpaired) electrons. The van der Waals surface area contributed by atoms with Gasteiger partial charge in [-0.2, -0.15) is 5.26 Å². The quantitative estimate of drug-likeness (QED) is 0.691. The number of benzene rings is 2. The third-order valence-corrected chi connectivity index (χ3v) is 3.03. The van der Waals surface area contributed by atoms with E-state index in [9.17, 15) is 9.18 Å². The maximum absolute atomic E-state index is 13.6. The zero-order valence-electron chi connectivity index (χ0n) is 11.2. The SMILES string of the molecule is N#C/C(=C\c1ccc(Cc2ccccc2F)cc1)C(N)=O. The average molecular weight is 280 g/mol. The Bertz CT molecular complexity index is 727. The van der Waals surface area contributed by atoms with Gasteiger partial charge >= 0.3 is 0 Å². The molecular formula is C17H13FN2O. The number of hydrogen-bond donors (Lipinski definition) is 1. The third kappa shape index (κ3) is 3.77. The molecule has 0 aliphatic heterocycles. The number of carbonyl (C=O) groups excluding carboxylic acids is 1. The molecule has 0 heterocycles. The highest BCUT2D eigenvalue weighted by Gasteiger charge is 2.04. The van der Waals surface area contributed by atoms with Gasteiger partial charge in [-0.1, -0.05) is 42.5 Å². The van der Waals surface area contributed by atoms with E-state index in [4.69, 9.17) is 11.0 Å². The summed E-state index contributed by atoms with van der Waals surface area (Å²) >= 11 is 0. The highest BCUT2D eigenvalue weighted by atomic mass is 19.1. The number of rotatable bonds is 4. The van der Waals surface area contributed by atoms with Crippen LogP contribution >= 0.6 is 0 Å². The number of halogens is 1. The maximum atomic E-state index is 13.6. The molecular weight excluding hydrogens is 267 g/mol. The van der Waals surface area contributed by atoms with Crippen LogP contribution < -0.4 is 5.73 Å². The molecule has 0 saturated carbocycles. The van der Waals surface area contributed by atoms with Crippen LogP contribution in [0.5, 0.6) is 0 Å². The van der Waals surface area contributed by atoms with Gasteiger partial charge in [-0.25, -0.2) is 4.39 Å². The van der Waals surface area contributed by atoms with Crippen molar-refractivity contribution in [3.05, 3.63) is 76.6 Å². The lowest BCUT2D eigenvalue weighted by atomic mass is 10.0. The largest absolute Gasteiger partial charge is 0.365 e. The van der Waals surface area contributed by atoms with Crippen molar-refractivity contribution in [2.75, 3.05) is 0 Å². The predicted molar refractivity (Wildman–Crippen MR) is 78.4 cm³/mol. The minimum absolute atomic E-state index is 0.100. The van der Waals surface area contributed by atoms with E-state index in [1.54, 1.807) is 36.4 Å². The zero-order valence-corrected chi connectivity index (χ0v) is 11.2. The van der Waals surface area contributed by atoms with Crippen molar-refractivity contribution >= 4 is 12.0 Å². The van der Waals surface area contributed by atoms with E-state index in [2.05, 4.69) is 0 Å². The van der Waals surface area contributed by atoms with Gasteiger partial charge < -0.3 is 5.73 Å². The average Bonchev–Trinajstić information content (AvgIpc) is 2.48. The van der Waals surface area contributed by atoms with E-state index in [0.29, 0.717) is 17.5 Å². The molecule has 2 aromatic carbocycles. The van der Waals surface area contributed by atoms with Crippen LogP contribution in [0.15, 0.2) is 54.1 Å². The minimum atomic E-state index is -0.757. The van der Waals surface area contributed by atoms with Crippen molar-refractivity contribution in [3.63, 3.8) is 0 Å². The molecule has 0 aromatic heterocycles. The van der Waals surface area contributed by atoms with Crippen LogP contribution in [0.1, 0.15) is 16.7 Å². The van der Waals surface area contributed by atoms with Crippen molar-refractivity contribution in [1.82, 2.24) is 0 Å². The number of amides is 1. The summed E-state index contributed by atoms with van der Waals surface area (Å²) < 4.78 is 13.6. The molecule has 0 unspecified atom stereocenters. The number of nitrogens with two attached hydrogens (primary N) is 1. The molecule has 4 heteroatoms. The van der Waals surface area contributed by atoms with Gasteiger partial charge in [0.15, 0.2) is 0 Å². The Balaban J connectivity index is 2.19. The number of hydrogen-bond acceptors (Lipinski definition) is 2. The molecule has 3 nitrogen and oxygen atoms in total. The first-order valence-electron chi connectivity index (χ1n) is 6.34. The second-order valence-electron chi connectivity index (χ2n) is 4.54. The van der Waals surface area contributed by atoms with Gasteiger partial charge in [-0.3, -0.25) is 4.79 Å². The van der Waals surface area contributed by atoms with Gasteiger partial charge in [0, 0.05) is 6.42 Å². The highest BCUT2D eigenvalue weighted by Crippen LogP contribution is 2.15. The van der Waals surface area contributed by atoms with Crippen molar-refractivity contribution < 1.29 is 9.18 Å². The van der Waals surface area contributed by atoms with Crippen molar-refractivity contribution in [2.24, 2.45) is 5.73 Å². The summed E-state index contributed by atoms with van der Waals surface area (Å²) in [6, 6.07) is 15.5. The lowest BCUT2D eigenvalue weighted by molar-refractivity contribution is -0.114. The number of nitriles is 1. The van der Waals surface area contributed by atoms with Crippen LogP contribution in [-0.2, 0) is 11.2 Å². The van der Waals surface area contributed by atoms with E-state index < -0.39 is 5.91 Å². The number of nitrogens with zero attached hydrogens (tertiary/aromatic N) is 1. The van der Waals surface area contributed by atoms with Gasteiger partial charge in [-0.15, -0.1) is 0 Å². The smallest absolute Gasteiger partial charge is 0.259 e. The second kappa shape index (κ2) is 6.49. The first-order chi connectivity index (χ1) is 10.1. The maximum Gasteiger partial charge on any atom is 0.259 e. The van der Waals surface area contributed by atoms with E-state index in [0.717, 1.165) is 5.56 Å². The number of carbonyl (C=O) groups is 1. The molecule has 0 saturated heterocycles. The summed E-state index contributed by atoms with van der Waals surface area (Å²) in [6.07, 6.45) is 1.91. The summed E-state index contributed by atoms with van der Waals surface area (Å²) in [5, 5.41) is 8.78. The Hall–Kier alpha value is -2.93. The Kier molecular flexibility index (Phi) is 4.47. The topological polar surface area (TPSA) is 66.9 Å². The Morgan fingerprint density at radius 1 is 1.19 bits per heavy atom. The van der Waals surface area contributed by atoms with E-state index in [1.165, 1.54) is 12.1 Å². The Morgan fingerprint density at radius 2 is 1.86 bits per heavy atom. The van der Waals surface area contributed by atoms with Crippen LogP contribution in [-0.4, -0.2) is 5.91 Å². The summed E-state index contributed by atoms with van der Waals surface area (Å²) in [7, 11) is 0. The zero-order chi connectivity index (χ0) is 15.2. The van der Waals surface area contributed by atoms with Crippen LogP contribution in [0.3, 0.4) is 0 Å². The molecule has 104 valence electrons. The molecule has 0 aliphatic carbocycles. The fourth-order valence-electron chi connectivity index (χ4n) is 1.92. The highest BCUT2D eigenvalue weighted by molar-refractivity contribution is 6.00. The van der Waals surface area contributed by atoms with Crippen LogP contribution in [0, 0.1) is 17.1 Å². The predicted octanol–water partition coefficient (Wildman–Crippen LogP) is 2.81. The lowest BCUT2D eigenvalue weighted by Crippen LogP contribution is -2.12. The third-order valence-electron chi connectivity index (χ3n) is 3.03. The molecule has 21 heavy (non-hydrogen) atoms. The van der Waals surface area contributed by atoms with Crippen LogP contribution in [0.25, 0.3) is 6.08 Å². The molecule has 0 atom stereocenters. The molecule has 2 aromatic rings. The van der Waals surface area contributed by atoms with Crippen molar-refractivity contribution in [1.29, 1.82) is 5.26 Å². The fourth-order valence-corrected chi connectivity index (χ4v) is 1.92. The molecule has 2 N–H and O–H groups in total. The molecule has 0 fully saturated rings. The molecule has 1 amide bonds. The van der Waals surface area contributed by atoms with Gasteiger partial charge in [-0.05, 0) is 28.8 Å². The molecule has 2 rings (SSSR count). The Labute approximate surface area is 122 Å². The normalized spacial score (nSPS) is 11.0. The molecule has 0 spiro atoms. The molecule has 0 bridgehead atoms. The fraction of sp³-hybridized carbons (Fsp3) is 0.0588. The van der Waals surface area contributed by atoms with Gasteiger partial charge in [0.05, 0.1) is 0 Å². The van der Waals surface area contributed by atoms with E-state index >= 15 is 0 Å². The summed E-state index contributed by atoms with van der Waals surface area (Å²) in [5.41, 5.74) is 7.23.